The Labute approximate surface area is 162 Å². The van der Waals surface area contributed by atoms with Crippen molar-refractivity contribution in [2.45, 2.75) is 44.9 Å². The number of phenols is 1. The van der Waals surface area contributed by atoms with Crippen molar-refractivity contribution in [1.82, 2.24) is 0 Å². The number of carbonyl (C=O) groups is 1. The smallest absolute Gasteiger partial charge is 0.313 e. The van der Waals surface area contributed by atoms with E-state index in [-0.39, 0.29) is 17.6 Å². The molecule has 0 radical (unpaired) electrons. The molecular weight excluding hydrogens is 355 g/mol. The summed E-state index contributed by atoms with van der Waals surface area (Å²) in [6.07, 6.45) is 6.77. The van der Waals surface area contributed by atoms with Crippen LogP contribution in [0, 0.1) is 12.8 Å². The van der Waals surface area contributed by atoms with Crippen molar-refractivity contribution in [3.63, 3.8) is 0 Å². The van der Waals surface area contributed by atoms with E-state index < -0.39 is 0 Å². The average molecular weight is 382 g/mol. The van der Waals surface area contributed by atoms with E-state index >= 15 is 0 Å². The molecule has 0 saturated heterocycles. The van der Waals surface area contributed by atoms with Crippen molar-refractivity contribution in [3.8, 4) is 16.9 Å². The van der Waals surface area contributed by atoms with Gasteiger partial charge in [0, 0.05) is 5.56 Å². The zero-order valence-electron chi connectivity index (χ0n) is 16.0. The molecule has 2 atom stereocenters. The number of aryl methyl sites for hydroxylation is 2. The lowest BCUT2D eigenvalue weighted by Crippen LogP contribution is -2.17. The molecule has 1 N–H and O–H groups in total. The lowest BCUT2D eigenvalue weighted by atomic mass is 9.83. The second-order valence-electron chi connectivity index (χ2n) is 7.85. The quantitative estimate of drug-likeness (QED) is 0.604. The highest BCUT2D eigenvalue weighted by molar-refractivity contribution is 7.47. The molecule has 1 heterocycles. The van der Waals surface area contributed by atoms with E-state index in [0.29, 0.717) is 5.92 Å². The molecule has 4 heteroatoms. The van der Waals surface area contributed by atoms with Gasteiger partial charge in [0.1, 0.15) is 5.75 Å². The first kappa shape index (κ1) is 18.5. The third-order valence-corrected chi connectivity index (χ3v) is 7.35. The minimum Gasteiger partial charge on any atom is -0.507 e. The minimum atomic E-state index is -0.317. The lowest BCUT2D eigenvalue weighted by Gasteiger charge is -2.23. The molecule has 0 aromatic heterocycles. The average Bonchev–Trinajstić information content (AvgIpc) is 3.51. The summed E-state index contributed by atoms with van der Waals surface area (Å²) in [7, 11) is 2.34. The zero-order valence-corrected chi connectivity index (χ0v) is 17.0. The molecular formula is C23H27O3P. The maximum Gasteiger partial charge on any atom is 0.313 e. The van der Waals surface area contributed by atoms with Crippen LogP contribution in [-0.4, -0.2) is 24.3 Å². The topological polar surface area (TPSA) is 46.5 Å². The molecule has 1 aliphatic carbocycles. The van der Waals surface area contributed by atoms with Crippen LogP contribution in [0.25, 0.3) is 11.1 Å². The molecule has 0 amide bonds. The molecule has 1 aliphatic heterocycles. The molecule has 2 aliphatic rings. The van der Waals surface area contributed by atoms with Gasteiger partial charge in [-0.1, -0.05) is 45.7 Å². The number of rotatable bonds is 5. The standard InChI is InChI=1S/C23H27O3P/c1-14-5-9-19(24)22(17-8-10-20-16(13-17)4-3-11-27-20)21(14)18(23(25)26-2)12-15-6-7-15/h5,8-10,13,15,18,24,27H,3-4,6-7,11-12H2,1-2H3. The van der Waals surface area contributed by atoms with E-state index in [2.05, 4.69) is 18.2 Å². The van der Waals surface area contributed by atoms with E-state index in [4.69, 9.17) is 4.74 Å². The van der Waals surface area contributed by atoms with Crippen molar-refractivity contribution < 1.29 is 14.6 Å². The van der Waals surface area contributed by atoms with Gasteiger partial charge in [-0.15, -0.1) is 0 Å². The van der Waals surface area contributed by atoms with E-state index in [9.17, 15) is 9.90 Å². The van der Waals surface area contributed by atoms with Crippen LogP contribution in [0.5, 0.6) is 5.75 Å². The van der Waals surface area contributed by atoms with Crippen molar-refractivity contribution >= 4 is 19.9 Å². The van der Waals surface area contributed by atoms with Crippen LogP contribution in [0.3, 0.4) is 0 Å². The number of ether oxygens (including phenoxy) is 1. The van der Waals surface area contributed by atoms with E-state index in [1.807, 2.05) is 13.0 Å². The Hall–Kier alpha value is -1.86. The van der Waals surface area contributed by atoms with Crippen molar-refractivity contribution in [3.05, 3.63) is 47.0 Å². The number of aromatic hydroxyl groups is 1. The second kappa shape index (κ2) is 7.64. The van der Waals surface area contributed by atoms with Gasteiger partial charge < -0.3 is 9.84 Å². The monoisotopic (exact) mass is 382 g/mol. The highest BCUT2D eigenvalue weighted by Crippen LogP contribution is 2.45. The van der Waals surface area contributed by atoms with Gasteiger partial charge in [-0.25, -0.2) is 0 Å². The van der Waals surface area contributed by atoms with Gasteiger partial charge in [0.05, 0.1) is 13.0 Å². The Morgan fingerprint density at radius 3 is 2.85 bits per heavy atom. The van der Waals surface area contributed by atoms with Crippen LogP contribution in [0.4, 0.5) is 0 Å². The van der Waals surface area contributed by atoms with E-state index in [0.717, 1.165) is 43.7 Å². The fourth-order valence-electron chi connectivity index (χ4n) is 4.26. The number of phenolic OH excluding ortho intramolecular Hbond substituents is 1. The summed E-state index contributed by atoms with van der Waals surface area (Å²) in [5.41, 5.74) is 5.19. The fraction of sp³-hybridized carbons (Fsp3) is 0.435. The highest BCUT2D eigenvalue weighted by Gasteiger charge is 2.34. The van der Waals surface area contributed by atoms with Crippen molar-refractivity contribution in [2.24, 2.45) is 5.92 Å². The number of benzene rings is 2. The summed E-state index contributed by atoms with van der Waals surface area (Å²) < 4.78 is 5.15. The van der Waals surface area contributed by atoms with Gasteiger partial charge in [0.25, 0.3) is 0 Å². The number of hydrogen-bond donors (Lipinski definition) is 1. The van der Waals surface area contributed by atoms with Gasteiger partial charge in [0.2, 0.25) is 0 Å². The molecule has 2 aromatic carbocycles. The Morgan fingerprint density at radius 1 is 1.30 bits per heavy atom. The van der Waals surface area contributed by atoms with Gasteiger partial charge in [0.15, 0.2) is 0 Å². The van der Waals surface area contributed by atoms with E-state index in [1.54, 1.807) is 6.07 Å². The second-order valence-corrected chi connectivity index (χ2v) is 9.24. The summed E-state index contributed by atoms with van der Waals surface area (Å²) >= 11 is 0. The largest absolute Gasteiger partial charge is 0.507 e. The number of fused-ring (bicyclic) bond motifs is 1. The predicted octanol–water partition coefficient (Wildman–Crippen LogP) is 4.67. The van der Waals surface area contributed by atoms with Crippen molar-refractivity contribution in [1.29, 1.82) is 0 Å². The number of hydrogen-bond acceptors (Lipinski definition) is 3. The Kier molecular flexibility index (Phi) is 5.23. The number of esters is 1. The predicted molar refractivity (Wildman–Crippen MR) is 112 cm³/mol. The molecule has 2 aromatic rings. The summed E-state index contributed by atoms with van der Waals surface area (Å²) in [5, 5.41) is 12.2. The van der Waals surface area contributed by atoms with Gasteiger partial charge in [-0.3, -0.25) is 4.79 Å². The van der Waals surface area contributed by atoms with Crippen LogP contribution in [0.15, 0.2) is 30.3 Å². The molecule has 0 spiro atoms. The summed E-state index contributed by atoms with van der Waals surface area (Å²) in [5.74, 6) is 0.325. The molecule has 4 rings (SSSR count). The molecule has 27 heavy (non-hydrogen) atoms. The molecule has 0 bridgehead atoms. The normalized spacial score (nSPS) is 18.1. The molecule has 1 fully saturated rings. The van der Waals surface area contributed by atoms with Crippen LogP contribution in [0.2, 0.25) is 0 Å². The van der Waals surface area contributed by atoms with E-state index in [1.165, 1.54) is 43.4 Å². The van der Waals surface area contributed by atoms with Crippen molar-refractivity contribution in [2.75, 3.05) is 13.3 Å². The first-order chi connectivity index (χ1) is 13.1. The third-order valence-electron chi connectivity index (χ3n) is 5.87. The van der Waals surface area contributed by atoms with Crippen LogP contribution >= 0.6 is 8.58 Å². The summed E-state index contributed by atoms with van der Waals surface area (Å²) in [6, 6.07) is 10.2. The van der Waals surface area contributed by atoms with Crippen LogP contribution < -0.4 is 5.30 Å². The maximum atomic E-state index is 12.7. The molecule has 142 valence electrons. The molecule has 3 nitrogen and oxygen atoms in total. The van der Waals surface area contributed by atoms with Gasteiger partial charge in [-0.2, -0.15) is 0 Å². The third kappa shape index (κ3) is 3.75. The molecule has 2 unspecified atom stereocenters. The van der Waals surface area contributed by atoms with Gasteiger partial charge >= 0.3 is 5.97 Å². The Bertz CT molecular complexity index is 870. The number of carbonyl (C=O) groups excluding carboxylic acids is 1. The summed E-state index contributed by atoms with van der Waals surface area (Å²) in [6.45, 7) is 2.03. The minimum absolute atomic E-state index is 0.198. The lowest BCUT2D eigenvalue weighted by molar-refractivity contribution is -0.142. The number of methoxy groups -OCH3 is 1. The molecule has 1 saturated carbocycles. The Morgan fingerprint density at radius 2 is 2.11 bits per heavy atom. The highest BCUT2D eigenvalue weighted by atomic mass is 31.1. The SMILES string of the molecule is COC(=O)C(CC1CC1)c1c(C)ccc(O)c1-c1ccc2c(c1)CCCP2. The Balaban J connectivity index is 1.85. The first-order valence-corrected chi connectivity index (χ1v) is 11.1. The van der Waals surface area contributed by atoms with Crippen LogP contribution in [0.1, 0.15) is 48.3 Å². The van der Waals surface area contributed by atoms with Gasteiger partial charge in [-0.05, 0) is 71.9 Å². The van der Waals surface area contributed by atoms with Crippen LogP contribution in [-0.2, 0) is 16.0 Å². The zero-order chi connectivity index (χ0) is 19.0. The maximum absolute atomic E-state index is 12.7. The fourth-order valence-corrected chi connectivity index (χ4v) is 5.50. The first-order valence-electron chi connectivity index (χ1n) is 9.86. The summed E-state index contributed by atoms with van der Waals surface area (Å²) in [4.78, 5) is 12.7.